The van der Waals surface area contributed by atoms with Gasteiger partial charge in [-0.2, -0.15) is 0 Å². The SMILES string of the molecule is O=C(Oc1c(O)cccc1C(=O)O)c1ccccc1. The number of hydrogen-bond acceptors (Lipinski definition) is 4. The van der Waals surface area contributed by atoms with Crippen molar-refractivity contribution in [2.75, 3.05) is 0 Å². The first-order valence-electron chi connectivity index (χ1n) is 5.42. The lowest BCUT2D eigenvalue weighted by Gasteiger charge is -2.08. The normalized spacial score (nSPS) is 9.89. The van der Waals surface area contributed by atoms with E-state index < -0.39 is 17.7 Å². The molecule has 0 aromatic heterocycles. The number of para-hydroxylation sites is 1. The summed E-state index contributed by atoms with van der Waals surface area (Å²) in [6.45, 7) is 0. The monoisotopic (exact) mass is 258 g/mol. The summed E-state index contributed by atoms with van der Waals surface area (Å²) >= 11 is 0. The van der Waals surface area contributed by atoms with Crippen LogP contribution in [0, 0.1) is 0 Å². The van der Waals surface area contributed by atoms with Crippen LogP contribution in [0.25, 0.3) is 0 Å². The predicted molar refractivity (Wildman–Crippen MR) is 66.5 cm³/mol. The third-order valence-corrected chi connectivity index (χ3v) is 2.43. The lowest BCUT2D eigenvalue weighted by molar-refractivity contribution is 0.0678. The van der Waals surface area contributed by atoms with Gasteiger partial charge in [0, 0.05) is 0 Å². The zero-order chi connectivity index (χ0) is 13.8. The zero-order valence-corrected chi connectivity index (χ0v) is 9.74. The number of aromatic carboxylic acids is 1. The molecule has 0 amide bonds. The maximum Gasteiger partial charge on any atom is 0.343 e. The van der Waals surface area contributed by atoms with Crippen molar-refractivity contribution in [2.45, 2.75) is 0 Å². The quantitative estimate of drug-likeness (QED) is 0.652. The van der Waals surface area contributed by atoms with Gasteiger partial charge in [0.15, 0.2) is 11.5 Å². The number of phenolic OH excluding ortho intramolecular Hbond substituents is 1. The second-order valence-electron chi connectivity index (χ2n) is 3.71. The van der Waals surface area contributed by atoms with E-state index in [9.17, 15) is 14.7 Å². The minimum absolute atomic E-state index is 0.266. The van der Waals surface area contributed by atoms with Gasteiger partial charge in [-0.3, -0.25) is 0 Å². The molecule has 0 spiro atoms. The summed E-state index contributed by atoms with van der Waals surface area (Å²) in [6, 6.07) is 12.0. The zero-order valence-electron chi connectivity index (χ0n) is 9.74. The molecule has 2 N–H and O–H groups in total. The molecule has 0 saturated carbocycles. The van der Waals surface area contributed by atoms with Crippen molar-refractivity contribution in [1.29, 1.82) is 0 Å². The molecule has 2 rings (SSSR count). The lowest BCUT2D eigenvalue weighted by atomic mass is 10.2. The Balaban J connectivity index is 2.34. The number of rotatable bonds is 3. The number of benzene rings is 2. The van der Waals surface area contributed by atoms with E-state index in [0.717, 1.165) is 0 Å². The maximum absolute atomic E-state index is 11.8. The Kier molecular flexibility index (Phi) is 3.47. The van der Waals surface area contributed by atoms with Gasteiger partial charge in [-0.25, -0.2) is 9.59 Å². The average Bonchev–Trinajstić information content (AvgIpc) is 2.41. The van der Waals surface area contributed by atoms with E-state index >= 15 is 0 Å². The number of hydrogen-bond donors (Lipinski definition) is 2. The standard InChI is InChI=1S/C14H10O5/c15-11-8-4-7-10(13(16)17)12(11)19-14(18)9-5-2-1-3-6-9/h1-8,15H,(H,16,17). The third-order valence-electron chi connectivity index (χ3n) is 2.43. The second kappa shape index (κ2) is 5.22. The molecule has 0 fully saturated rings. The van der Waals surface area contributed by atoms with E-state index in [1.54, 1.807) is 18.2 Å². The number of carboxylic acids is 1. The summed E-state index contributed by atoms with van der Waals surface area (Å²) in [4.78, 5) is 22.8. The number of esters is 1. The molecule has 0 saturated heterocycles. The van der Waals surface area contributed by atoms with Gasteiger partial charge in [0.25, 0.3) is 0 Å². The smallest absolute Gasteiger partial charge is 0.343 e. The molecular formula is C14H10O5. The van der Waals surface area contributed by atoms with Crippen molar-refractivity contribution < 1.29 is 24.5 Å². The van der Waals surface area contributed by atoms with E-state index in [1.165, 1.54) is 30.3 Å². The summed E-state index contributed by atoms with van der Waals surface area (Å²) in [6.07, 6.45) is 0. The number of ether oxygens (including phenoxy) is 1. The van der Waals surface area contributed by atoms with Gasteiger partial charge in [0.05, 0.1) is 5.56 Å². The molecule has 2 aromatic carbocycles. The highest BCUT2D eigenvalue weighted by Crippen LogP contribution is 2.30. The van der Waals surface area contributed by atoms with Crippen molar-refractivity contribution in [3.05, 3.63) is 59.7 Å². The first-order chi connectivity index (χ1) is 9.09. The van der Waals surface area contributed by atoms with Crippen LogP contribution in [0.5, 0.6) is 11.5 Å². The molecule has 0 aliphatic carbocycles. The van der Waals surface area contributed by atoms with Crippen LogP contribution in [-0.2, 0) is 0 Å². The molecule has 2 aromatic rings. The van der Waals surface area contributed by atoms with Crippen LogP contribution in [0.3, 0.4) is 0 Å². The molecular weight excluding hydrogens is 248 g/mol. The largest absolute Gasteiger partial charge is 0.504 e. The van der Waals surface area contributed by atoms with E-state index in [2.05, 4.69) is 0 Å². The highest BCUT2D eigenvalue weighted by Gasteiger charge is 2.19. The van der Waals surface area contributed by atoms with E-state index in [1.807, 2.05) is 0 Å². The van der Waals surface area contributed by atoms with Crippen LogP contribution >= 0.6 is 0 Å². The molecule has 0 aliphatic rings. The van der Waals surface area contributed by atoms with Crippen molar-refractivity contribution in [3.8, 4) is 11.5 Å². The van der Waals surface area contributed by atoms with Crippen LogP contribution in [0.4, 0.5) is 0 Å². The number of phenols is 1. The van der Waals surface area contributed by atoms with Crippen molar-refractivity contribution in [3.63, 3.8) is 0 Å². The van der Waals surface area contributed by atoms with Gasteiger partial charge in [-0.1, -0.05) is 24.3 Å². The Labute approximate surface area is 108 Å². The van der Waals surface area contributed by atoms with Crippen LogP contribution in [-0.4, -0.2) is 22.2 Å². The highest BCUT2D eigenvalue weighted by molar-refractivity contribution is 5.96. The molecule has 19 heavy (non-hydrogen) atoms. The summed E-state index contributed by atoms with van der Waals surface area (Å²) in [5.74, 6) is -2.77. The fourth-order valence-corrected chi connectivity index (χ4v) is 1.53. The lowest BCUT2D eigenvalue weighted by Crippen LogP contribution is -2.11. The van der Waals surface area contributed by atoms with Crippen LogP contribution in [0.15, 0.2) is 48.5 Å². The van der Waals surface area contributed by atoms with E-state index in [-0.39, 0.29) is 16.9 Å². The summed E-state index contributed by atoms with van der Waals surface area (Å²) in [5, 5.41) is 18.6. The minimum Gasteiger partial charge on any atom is -0.504 e. The summed E-state index contributed by atoms with van der Waals surface area (Å²) in [5.41, 5.74) is -0.00799. The van der Waals surface area contributed by atoms with Crippen LogP contribution < -0.4 is 4.74 Å². The van der Waals surface area contributed by atoms with Gasteiger partial charge in [0.1, 0.15) is 5.56 Å². The molecule has 0 radical (unpaired) electrons. The Morgan fingerprint density at radius 3 is 2.26 bits per heavy atom. The topological polar surface area (TPSA) is 83.8 Å². The molecule has 5 heteroatoms. The second-order valence-corrected chi connectivity index (χ2v) is 3.71. The van der Waals surface area contributed by atoms with Crippen LogP contribution in [0.1, 0.15) is 20.7 Å². The number of aromatic hydroxyl groups is 1. The fourth-order valence-electron chi connectivity index (χ4n) is 1.53. The number of carbonyl (C=O) groups excluding carboxylic acids is 1. The van der Waals surface area contributed by atoms with Gasteiger partial charge >= 0.3 is 11.9 Å². The highest BCUT2D eigenvalue weighted by atomic mass is 16.5. The van der Waals surface area contributed by atoms with Gasteiger partial charge in [-0.05, 0) is 24.3 Å². The maximum atomic E-state index is 11.8. The predicted octanol–water partition coefficient (Wildman–Crippen LogP) is 2.31. The first-order valence-corrected chi connectivity index (χ1v) is 5.42. The fraction of sp³-hybridized carbons (Fsp3) is 0. The molecule has 0 aliphatic heterocycles. The Morgan fingerprint density at radius 2 is 1.63 bits per heavy atom. The Bertz CT molecular complexity index is 619. The first kappa shape index (κ1) is 12.6. The van der Waals surface area contributed by atoms with Gasteiger partial charge in [-0.15, -0.1) is 0 Å². The van der Waals surface area contributed by atoms with Crippen molar-refractivity contribution >= 4 is 11.9 Å². The third kappa shape index (κ3) is 2.71. The molecule has 0 bridgehead atoms. The molecule has 0 atom stereocenters. The van der Waals surface area contributed by atoms with E-state index in [0.29, 0.717) is 0 Å². The van der Waals surface area contributed by atoms with Crippen molar-refractivity contribution in [1.82, 2.24) is 0 Å². The van der Waals surface area contributed by atoms with Crippen molar-refractivity contribution in [2.24, 2.45) is 0 Å². The van der Waals surface area contributed by atoms with Crippen LogP contribution in [0.2, 0.25) is 0 Å². The molecule has 96 valence electrons. The minimum atomic E-state index is -1.29. The van der Waals surface area contributed by atoms with E-state index in [4.69, 9.17) is 9.84 Å². The molecule has 0 unspecified atom stereocenters. The molecule has 5 nitrogen and oxygen atoms in total. The van der Waals surface area contributed by atoms with Gasteiger partial charge < -0.3 is 14.9 Å². The van der Waals surface area contributed by atoms with Gasteiger partial charge in [0.2, 0.25) is 0 Å². The number of carbonyl (C=O) groups is 2. The number of carboxylic acid groups (broad SMARTS) is 1. The Hall–Kier alpha value is -2.82. The summed E-state index contributed by atoms with van der Waals surface area (Å²) < 4.78 is 4.95. The summed E-state index contributed by atoms with van der Waals surface area (Å²) in [7, 11) is 0. The molecule has 0 heterocycles. The average molecular weight is 258 g/mol. The Morgan fingerprint density at radius 1 is 0.947 bits per heavy atom.